The largest absolute Gasteiger partial charge is 0.456 e. The number of aryl methyl sites for hydroxylation is 2. The maximum absolute atomic E-state index is 11.6. The molecular formula is C14H14ClN3O2. The number of carbonyl (C=O) groups excluding carboxylic acids is 1. The first-order valence-corrected chi connectivity index (χ1v) is 6.39. The minimum absolute atomic E-state index is 0.143. The van der Waals surface area contributed by atoms with Gasteiger partial charge in [0.15, 0.2) is 0 Å². The molecule has 0 aromatic carbocycles. The monoisotopic (exact) mass is 291 g/mol. The Labute approximate surface area is 121 Å². The van der Waals surface area contributed by atoms with Gasteiger partial charge in [-0.1, -0.05) is 17.7 Å². The Kier molecular flexibility index (Phi) is 4.53. The van der Waals surface area contributed by atoms with E-state index in [4.69, 9.17) is 16.3 Å². The minimum Gasteiger partial charge on any atom is -0.456 e. The van der Waals surface area contributed by atoms with Crippen molar-refractivity contribution >= 4 is 23.6 Å². The van der Waals surface area contributed by atoms with Crippen LogP contribution in [-0.2, 0) is 23.2 Å². The Bertz CT molecular complexity index is 635. The minimum atomic E-state index is -0.449. The fourth-order valence-corrected chi connectivity index (χ4v) is 1.90. The molecule has 2 aromatic rings. The van der Waals surface area contributed by atoms with Gasteiger partial charge in [0.05, 0.1) is 11.4 Å². The molecule has 5 nitrogen and oxygen atoms in total. The lowest BCUT2D eigenvalue weighted by molar-refractivity contribution is -0.139. The Hall–Kier alpha value is -2.14. The first-order chi connectivity index (χ1) is 9.58. The van der Waals surface area contributed by atoms with E-state index in [0.29, 0.717) is 16.4 Å². The number of esters is 1. The summed E-state index contributed by atoms with van der Waals surface area (Å²) in [4.78, 5) is 15.7. The van der Waals surface area contributed by atoms with Crippen molar-refractivity contribution in [3.63, 3.8) is 0 Å². The number of aromatic nitrogens is 3. The molecule has 104 valence electrons. The molecule has 0 saturated heterocycles. The van der Waals surface area contributed by atoms with Crippen LogP contribution in [0.25, 0.3) is 6.08 Å². The second kappa shape index (κ2) is 6.34. The summed E-state index contributed by atoms with van der Waals surface area (Å²) in [5.74, 6) is -0.449. The molecule has 20 heavy (non-hydrogen) atoms. The topological polar surface area (TPSA) is 57.0 Å². The number of halogens is 1. The second-order valence-electron chi connectivity index (χ2n) is 4.18. The third-order valence-electron chi connectivity index (χ3n) is 2.67. The van der Waals surface area contributed by atoms with Crippen molar-refractivity contribution in [2.75, 3.05) is 0 Å². The molecule has 0 bridgehead atoms. The summed E-state index contributed by atoms with van der Waals surface area (Å²) >= 11 is 6.06. The van der Waals surface area contributed by atoms with E-state index in [1.54, 1.807) is 36.1 Å². The zero-order valence-corrected chi connectivity index (χ0v) is 12.0. The molecule has 0 N–H and O–H groups in total. The van der Waals surface area contributed by atoms with Gasteiger partial charge in [-0.15, -0.1) is 0 Å². The average molecular weight is 292 g/mol. The molecule has 6 heteroatoms. The highest BCUT2D eigenvalue weighted by atomic mass is 35.5. The lowest BCUT2D eigenvalue weighted by Crippen LogP contribution is -2.01. The molecule has 2 heterocycles. The quantitative estimate of drug-likeness (QED) is 0.641. The summed E-state index contributed by atoms with van der Waals surface area (Å²) in [5.41, 5.74) is 2.17. The summed E-state index contributed by atoms with van der Waals surface area (Å²) in [6.45, 7) is 1.97. The summed E-state index contributed by atoms with van der Waals surface area (Å²) in [7, 11) is 1.74. The van der Waals surface area contributed by atoms with Crippen molar-refractivity contribution in [2.45, 2.75) is 13.5 Å². The number of rotatable bonds is 4. The fourth-order valence-electron chi connectivity index (χ4n) is 1.66. The average Bonchev–Trinajstić information content (AvgIpc) is 2.69. The van der Waals surface area contributed by atoms with Crippen molar-refractivity contribution < 1.29 is 9.53 Å². The zero-order valence-electron chi connectivity index (χ0n) is 11.2. The van der Waals surface area contributed by atoms with Crippen LogP contribution in [0.15, 0.2) is 30.5 Å². The fraction of sp³-hybridized carbons (Fsp3) is 0.214. The van der Waals surface area contributed by atoms with Crippen LogP contribution < -0.4 is 0 Å². The molecule has 0 unspecified atom stereocenters. The molecule has 0 aliphatic heterocycles. The first kappa shape index (κ1) is 14.3. The highest BCUT2D eigenvalue weighted by molar-refractivity contribution is 6.31. The van der Waals surface area contributed by atoms with Crippen LogP contribution in [0.3, 0.4) is 0 Å². The highest BCUT2D eigenvalue weighted by Crippen LogP contribution is 2.19. The lowest BCUT2D eigenvalue weighted by atomic mass is 10.2. The predicted molar refractivity (Wildman–Crippen MR) is 76.0 cm³/mol. The smallest absolute Gasteiger partial charge is 0.331 e. The van der Waals surface area contributed by atoms with Crippen molar-refractivity contribution in [2.24, 2.45) is 7.05 Å². The Balaban J connectivity index is 1.96. The third kappa shape index (κ3) is 3.45. The van der Waals surface area contributed by atoms with Crippen molar-refractivity contribution in [3.8, 4) is 0 Å². The van der Waals surface area contributed by atoms with Gasteiger partial charge in [0.2, 0.25) is 0 Å². The van der Waals surface area contributed by atoms with Gasteiger partial charge in [0.25, 0.3) is 0 Å². The maximum Gasteiger partial charge on any atom is 0.331 e. The van der Waals surface area contributed by atoms with Gasteiger partial charge in [0, 0.05) is 24.9 Å². The van der Waals surface area contributed by atoms with E-state index in [9.17, 15) is 4.79 Å². The van der Waals surface area contributed by atoms with Gasteiger partial charge in [-0.3, -0.25) is 9.67 Å². The van der Waals surface area contributed by atoms with Crippen molar-refractivity contribution in [1.29, 1.82) is 0 Å². The van der Waals surface area contributed by atoms with Crippen LogP contribution in [0.2, 0.25) is 5.15 Å². The summed E-state index contributed by atoms with van der Waals surface area (Å²) < 4.78 is 6.63. The zero-order chi connectivity index (χ0) is 14.5. The standard InChI is InChI=1S/C14H14ClN3O2/c1-10-12(14(15)18(2)17-10)6-7-13(19)20-9-11-5-3-4-8-16-11/h3-8H,9H2,1-2H3/b7-6+. The van der Waals surface area contributed by atoms with E-state index in [1.165, 1.54) is 6.08 Å². The number of nitrogens with zero attached hydrogens (tertiary/aromatic N) is 3. The van der Waals surface area contributed by atoms with E-state index in [0.717, 1.165) is 5.69 Å². The lowest BCUT2D eigenvalue weighted by Gasteiger charge is -2.00. The number of ether oxygens (including phenoxy) is 1. The van der Waals surface area contributed by atoms with Crippen LogP contribution in [0.4, 0.5) is 0 Å². The van der Waals surface area contributed by atoms with Crippen molar-refractivity contribution in [1.82, 2.24) is 14.8 Å². The third-order valence-corrected chi connectivity index (χ3v) is 3.12. The first-order valence-electron chi connectivity index (χ1n) is 6.02. The van der Waals surface area contributed by atoms with E-state index in [1.807, 2.05) is 13.0 Å². The molecule has 0 aliphatic rings. The number of carbonyl (C=O) groups is 1. The molecular weight excluding hydrogens is 278 g/mol. The molecule has 0 amide bonds. The van der Waals surface area contributed by atoms with Gasteiger partial charge >= 0.3 is 5.97 Å². The van der Waals surface area contributed by atoms with E-state index in [-0.39, 0.29) is 6.61 Å². The molecule has 0 spiro atoms. The van der Waals surface area contributed by atoms with Gasteiger partial charge < -0.3 is 4.74 Å². The van der Waals surface area contributed by atoms with E-state index >= 15 is 0 Å². The number of hydrogen-bond donors (Lipinski definition) is 0. The molecule has 0 aliphatic carbocycles. The van der Waals surface area contributed by atoms with Gasteiger partial charge in [-0.05, 0) is 25.1 Å². The highest BCUT2D eigenvalue weighted by Gasteiger charge is 2.08. The Morgan fingerprint density at radius 1 is 1.50 bits per heavy atom. The van der Waals surface area contributed by atoms with Crippen LogP contribution in [-0.4, -0.2) is 20.7 Å². The number of hydrogen-bond acceptors (Lipinski definition) is 4. The van der Waals surface area contributed by atoms with Gasteiger partial charge in [-0.25, -0.2) is 4.79 Å². The summed E-state index contributed by atoms with van der Waals surface area (Å²) in [5, 5.41) is 4.64. The van der Waals surface area contributed by atoms with Crippen LogP contribution in [0.1, 0.15) is 17.0 Å². The molecule has 2 rings (SSSR count). The molecule has 2 aromatic heterocycles. The van der Waals surface area contributed by atoms with Crippen LogP contribution in [0.5, 0.6) is 0 Å². The van der Waals surface area contributed by atoms with Gasteiger partial charge in [-0.2, -0.15) is 5.10 Å². The Morgan fingerprint density at radius 2 is 2.30 bits per heavy atom. The summed E-state index contributed by atoms with van der Waals surface area (Å²) in [6.07, 6.45) is 4.59. The number of pyridine rings is 1. The normalized spacial score (nSPS) is 10.9. The maximum atomic E-state index is 11.6. The SMILES string of the molecule is Cc1nn(C)c(Cl)c1/C=C/C(=O)OCc1ccccn1. The van der Waals surface area contributed by atoms with Crippen LogP contribution >= 0.6 is 11.6 Å². The Morgan fingerprint density at radius 3 is 2.90 bits per heavy atom. The van der Waals surface area contributed by atoms with Crippen molar-refractivity contribution in [3.05, 3.63) is 52.6 Å². The molecule has 0 atom stereocenters. The van der Waals surface area contributed by atoms with E-state index in [2.05, 4.69) is 10.1 Å². The predicted octanol–water partition coefficient (Wildman–Crippen LogP) is 2.53. The van der Waals surface area contributed by atoms with E-state index < -0.39 is 5.97 Å². The summed E-state index contributed by atoms with van der Waals surface area (Å²) in [6, 6.07) is 5.43. The van der Waals surface area contributed by atoms with Crippen LogP contribution in [0, 0.1) is 6.92 Å². The molecule has 0 radical (unpaired) electrons. The molecule has 0 fully saturated rings. The molecule has 0 saturated carbocycles. The van der Waals surface area contributed by atoms with Gasteiger partial charge in [0.1, 0.15) is 11.8 Å². The second-order valence-corrected chi connectivity index (χ2v) is 4.53.